The predicted octanol–water partition coefficient (Wildman–Crippen LogP) is 5.82. The summed E-state index contributed by atoms with van der Waals surface area (Å²) in [6.07, 6.45) is 0. The van der Waals surface area contributed by atoms with Crippen LogP contribution in [0.2, 0.25) is 0 Å². The van der Waals surface area contributed by atoms with Gasteiger partial charge in [-0.1, -0.05) is 54.6 Å². The number of rotatable bonds is 6. The number of ether oxygens (including phenoxy) is 1. The number of hydrogen-bond donors (Lipinski definition) is 1. The van der Waals surface area contributed by atoms with Crippen molar-refractivity contribution >= 4 is 11.6 Å². The lowest BCUT2D eigenvalue weighted by Gasteiger charge is -2.13. The van der Waals surface area contributed by atoms with E-state index < -0.39 is 10.8 Å². The van der Waals surface area contributed by atoms with Crippen LogP contribution in [0.5, 0.6) is 11.5 Å². The highest BCUT2D eigenvalue weighted by atomic mass is 16.6. The van der Waals surface area contributed by atoms with Gasteiger partial charge in [0, 0.05) is 23.3 Å². The summed E-state index contributed by atoms with van der Waals surface area (Å²) < 4.78 is 5.97. The molecule has 0 atom stereocenters. The molecular weight excluding hydrogens is 392 g/mol. The van der Waals surface area contributed by atoms with Crippen molar-refractivity contribution < 1.29 is 14.5 Å². The molecule has 6 heteroatoms. The number of carbonyl (C=O) groups is 1. The molecule has 0 aliphatic heterocycles. The van der Waals surface area contributed by atoms with Crippen LogP contribution in [0.3, 0.4) is 0 Å². The molecule has 0 heterocycles. The van der Waals surface area contributed by atoms with Gasteiger partial charge in [0.1, 0.15) is 11.5 Å². The number of amides is 1. The fraction of sp³-hybridized carbons (Fsp3) is 0. The maximum atomic E-state index is 11.7. The molecule has 31 heavy (non-hydrogen) atoms. The van der Waals surface area contributed by atoms with Crippen molar-refractivity contribution in [2.45, 2.75) is 0 Å². The van der Waals surface area contributed by atoms with E-state index in [1.165, 1.54) is 24.3 Å². The topological polar surface area (TPSA) is 95.5 Å². The van der Waals surface area contributed by atoms with E-state index in [1.54, 1.807) is 18.2 Å². The maximum Gasteiger partial charge on any atom is 0.269 e. The Morgan fingerprint density at radius 1 is 0.774 bits per heavy atom. The van der Waals surface area contributed by atoms with Crippen LogP contribution in [0.1, 0.15) is 10.4 Å². The highest BCUT2D eigenvalue weighted by molar-refractivity contribution is 5.95. The van der Waals surface area contributed by atoms with Gasteiger partial charge in [0.15, 0.2) is 0 Å². The lowest BCUT2D eigenvalue weighted by Crippen LogP contribution is -2.10. The Bertz CT molecular complexity index is 1240. The van der Waals surface area contributed by atoms with Crippen molar-refractivity contribution in [1.29, 1.82) is 0 Å². The Kier molecular flexibility index (Phi) is 5.45. The molecule has 0 bridgehead atoms. The molecule has 0 unspecified atom stereocenters. The summed E-state index contributed by atoms with van der Waals surface area (Å²) in [6, 6.07) is 28.6. The molecule has 1 amide bonds. The predicted molar refractivity (Wildman–Crippen MR) is 119 cm³/mol. The van der Waals surface area contributed by atoms with Gasteiger partial charge in [-0.2, -0.15) is 0 Å². The fourth-order valence-electron chi connectivity index (χ4n) is 3.23. The summed E-state index contributed by atoms with van der Waals surface area (Å²) in [7, 11) is 0. The SMILES string of the molecule is NC(=O)c1ccc(Oc2ccc([N+](=O)[O-])cc2)c(-c2ccc(-c3ccccc3)cc2)c1. The van der Waals surface area contributed by atoms with Gasteiger partial charge in [-0.25, -0.2) is 0 Å². The molecule has 0 aliphatic carbocycles. The van der Waals surface area contributed by atoms with E-state index in [9.17, 15) is 14.9 Å². The lowest BCUT2D eigenvalue weighted by atomic mass is 9.98. The normalized spacial score (nSPS) is 10.5. The third-order valence-corrected chi connectivity index (χ3v) is 4.84. The molecule has 0 fully saturated rings. The molecule has 2 N–H and O–H groups in total. The first kappa shape index (κ1) is 19.8. The molecule has 0 saturated carbocycles. The first-order valence-corrected chi connectivity index (χ1v) is 9.53. The van der Waals surface area contributed by atoms with Gasteiger partial charge in [0.25, 0.3) is 5.69 Å². The third-order valence-electron chi connectivity index (χ3n) is 4.84. The number of carbonyl (C=O) groups excluding carboxylic acids is 1. The number of nitrogens with two attached hydrogens (primary N) is 1. The second kappa shape index (κ2) is 8.51. The Hall–Kier alpha value is -4.45. The van der Waals surface area contributed by atoms with Crippen LogP contribution in [0, 0.1) is 10.1 Å². The minimum atomic E-state index is -0.538. The van der Waals surface area contributed by atoms with E-state index in [-0.39, 0.29) is 5.69 Å². The second-order valence-corrected chi connectivity index (χ2v) is 6.87. The standard InChI is InChI=1S/C25H18N2O4/c26-25(28)20-10-15-24(31-22-13-11-21(12-14-22)27(29)30)23(16-20)19-8-6-18(7-9-19)17-4-2-1-3-5-17/h1-16H,(H2,26,28). The average molecular weight is 410 g/mol. The number of hydrogen-bond acceptors (Lipinski definition) is 4. The minimum absolute atomic E-state index is 0.0202. The summed E-state index contributed by atoms with van der Waals surface area (Å²) in [5, 5.41) is 10.9. The molecule has 0 radical (unpaired) electrons. The van der Waals surface area contributed by atoms with Crippen LogP contribution in [0.25, 0.3) is 22.3 Å². The molecule has 0 aliphatic rings. The highest BCUT2D eigenvalue weighted by Gasteiger charge is 2.13. The first-order chi connectivity index (χ1) is 15.0. The average Bonchev–Trinajstić information content (AvgIpc) is 2.80. The zero-order valence-corrected chi connectivity index (χ0v) is 16.4. The van der Waals surface area contributed by atoms with Gasteiger partial charge in [-0.15, -0.1) is 0 Å². The zero-order valence-electron chi connectivity index (χ0n) is 16.4. The summed E-state index contributed by atoms with van der Waals surface area (Å²) in [6.45, 7) is 0. The van der Waals surface area contributed by atoms with Crippen LogP contribution >= 0.6 is 0 Å². The van der Waals surface area contributed by atoms with Crippen molar-refractivity contribution in [1.82, 2.24) is 0 Å². The monoisotopic (exact) mass is 410 g/mol. The smallest absolute Gasteiger partial charge is 0.269 e. The Balaban J connectivity index is 1.70. The summed E-state index contributed by atoms with van der Waals surface area (Å²) in [5.41, 5.74) is 9.50. The number of benzene rings is 4. The van der Waals surface area contributed by atoms with Gasteiger partial charge < -0.3 is 10.5 Å². The molecule has 152 valence electrons. The number of non-ortho nitro benzene ring substituents is 1. The number of nitro groups is 1. The third kappa shape index (κ3) is 4.43. The molecule has 6 nitrogen and oxygen atoms in total. The molecule has 4 rings (SSSR count). The molecule has 4 aromatic carbocycles. The van der Waals surface area contributed by atoms with Crippen molar-refractivity contribution in [3.8, 4) is 33.8 Å². The van der Waals surface area contributed by atoms with Gasteiger partial charge in [0.2, 0.25) is 5.91 Å². The maximum absolute atomic E-state index is 11.7. The van der Waals surface area contributed by atoms with E-state index in [4.69, 9.17) is 10.5 Å². The zero-order chi connectivity index (χ0) is 21.8. The van der Waals surface area contributed by atoms with E-state index in [0.29, 0.717) is 22.6 Å². The number of nitrogens with zero attached hydrogens (tertiary/aromatic N) is 1. The molecular formula is C25H18N2O4. The van der Waals surface area contributed by atoms with Crippen LogP contribution in [-0.4, -0.2) is 10.8 Å². The van der Waals surface area contributed by atoms with E-state index >= 15 is 0 Å². The van der Waals surface area contributed by atoms with Crippen LogP contribution in [0.4, 0.5) is 5.69 Å². The van der Waals surface area contributed by atoms with Gasteiger partial charge in [0.05, 0.1) is 4.92 Å². The van der Waals surface area contributed by atoms with Gasteiger partial charge in [-0.3, -0.25) is 14.9 Å². The first-order valence-electron chi connectivity index (χ1n) is 9.53. The Labute approximate surface area is 178 Å². The van der Waals surface area contributed by atoms with Gasteiger partial charge in [-0.05, 0) is 47.0 Å². The summed E-state index contributed by atoms with van der Waals surface area (Å²) in [4.78, 5) is 22.1. The van der Waals surface area contributed by atoms with Crippen LogP contribution < -0.4 is 10.5 Å². The Morgan fingerprint density at radius 3 is 2.00 bits per heavy atom. The van der Waals surface area contributed by atoms with Crippen LogP contribution in [-0.2, 0) is 0 Å². The van der Waals surface area contributed by atoms with Crippen molar-refractivity contribution in [3.05, 3.63) is 113 Å². The van der Waals surface area contributed by atoms with Crippen molar-refractivity contribution in [2.24, 2.45) is 5.73 Å². The Morgan fingerprint density at radius 2 is 1.39 bits per heavy atom. The molecule has 0 spiro atoms. The van der Waals surface area contributed by atoms with E-state index in [2.05, 4.69) is 0 Å². The largest absolute Gasteiger partial charge is 0.457 e. The van der Waals surface area contributed by atoms with Gasteiger partial charge >= 0.3 is 0 Å². The summed E-state index contributed by atoms with van der Waals surface area (Å²) in [5.74, 6) is 0.412. The fourth-order valence-corrected chi connectivity index (χ4v) is 3.23. The number of nitro benzene ring substituents is 1. The van der Waals surface area contributed by atoms with Crippen molar-refractivity contribution in [2.75, 3.05) is 0 Å². The van der Waals surface area contributed by atoms with E-state index in [0.717, 1.165) is 16.7 Å². The van der Waals surface area contributed by atoms with Crippen LogP contribution in [0.15, 0.2) is 97.1 Å². The molecule has 4 aromatic rings. The molecule has 0 aromatic heterocycles. The molecule has 0 saturated heterocycles. The minimum Gasteiger partial charge on any atom is -0.457 e. The van der Waals surface area contributed by atoms with Crippen molar-refractivity contribution in [3.63, 3.8) is 0 Å². The highest BCUT2D eigenvalue weighted by Crippen LogP contribution is 2.35. The summed E-state index contributed by atoms with van der Waals surface area (Å²) >= 11 is 0. The van der Waals surface area contributed by atoms with E-state index in [1.807, 2.05) is 54.6 Å². The number of primary amides is 1. The quantitative estimate of drug-likeness (QED) is 0.320. The second-order valence-electron chi connectivity index (χ2n) is 6.87. The lowest BCUT2D eigenvalue weighted by molar-refractivity contribution is -0.384.